The third-order valence-corrected chi connectivity index (χ3v) is 4.61. The first kappa shape index (κ1) is 16.7. The van der Waals surface area contributed by atoms with Crippen LogP contribution >= 0.6 is 12.4 Å². The second kappa shape index (κ2) is 7.57. The number of aryl methyl sites for hydroxylation is 1. The van der Waals surface area contributed by atoms with Crippen LogP contribution in [0.1, 0.15) is 36.8 Å². The lowest BCUT2D eigenvalue weighted by Crippen LogP contribution is -2.42. The maximum Gasteiger partial charge on any atom is 0.126 e. The summed E-state index contributed by atoms with van der Waals surface area (Å²) in [7, 11) is 0. The molecule has 1 aliphatic carbocycles. The Kier molecular flexibility index (Phi) is 6.03. The summed E-state index contributed by atoms with van der Waals surface area (Å²) in [5.74, 6) is 0.868. The molecule has 2 fully saturated rings. The van der Waals surface area contributed by atoms with E-state index in [-0.39, 0.29) is 18.2 Å². The molecule has 2 nitrogen and oxygen atoms in total. The number of hydrogen-bond acceptors (Lipinski definition) is 2. The van der Waals surface area contributed by atoms with Gasteiger partial charge in [-0.25, -0.2) is 4.39 Å². The van der Waals surface area contributed by atoms with Gasteiger partial charge in [0, 0.05) is 12.6 Å². The summed E-state index contributed by atoms with van der Waals surface area (Å²) in [5, 5.41) is 3.71. The maximum absolute atomic E-state index is 13.3. The normalized spacial score (nSPS) is 20.3. The van der Waals surface area contributed by atoms with E-state index in [0.29, 0.717) is 6.04 Å². The van der Waals surface area contributed by atoms with Crippen LogP contribution in [-0.2, 0) is 6.54 Å². The quantitative estimate of drug-likeness (QED) is 0.895. The van der Waals surface area contributed by atoms with Gasteiger partial charge in [0.2, 0.25) is 0 Å². The monoisotopic (exact) mass is 312 g/mol. The lowest BCUT2D eigenvalue weighted by atomic mass is 10.0. The Morgan fingerprint density at radius 1 is 1.19 bits per heavy atom. The van der Waals surface area contributed by atoms with Gasteiger partial charge < -0.3 is 5.32 Å². The molecule has 0 atom stereocenters. The molecule has 1 aliphatic heterocycles. The highest BCUT2D eigenvalue weighted by atomic mass is 35.5. The third-order valence-electron chi connectivity index (χ3n) is 4.61. The van der Waals surface area contributed by atoms with Gasteiger partial charge in [-0.05, 0) is 75.4 Å². The van der Waals surface area contributed by atoms with Gasteiger partial charge in [0.1, 0.15) is 5.82 Å². The Bertz CT molecular complexity index is 454. The Hall–Kier alpha value is -0.640. The smallest absolute Gasteiger partial charge is 0.126 e. The van der Waals surface area contributed by atoms with Crippen molar-refractivity contribution in [2.45, 2.75) is 45.2 Å². The molecular weight excluding hydrogens is 287 g/mol. The van der Waals surface area contributed by atoms with Gasteiger partial charge in [0.05, 0.1) is 0 Å². The molecule has 1 aromatic carbocycles. The van der Waals surface area contributed by atoms with Crippen molar-refractivity contribution >= 4 is 12.4 Å². The predicted molar refractivity (Wildman–Crippen MR) is 87.4 cm³/mol. The number of nitrogens with one attached hydrogen (secondary N) is 1. The number of rotatable bonds is 5. The van der Waals surface area contributed by atoms with Crippen molar-refractivity contribution in [3.63, 3.8) is 0 Å². The molecule has 1 saturated heterocycles. The van der Waals surface area contributed by atoms with Gasteiger partial charge in [0.15, 0.2) is 0 Å². The molecule has 1 heterocycles. The van der Waals surface area contributed by atoms with Crippen LogP contribution in [0.5, 0.6) is 0 Å². The summed E-state index contributed by atoms with van der Waals surface area (Å²) < 4.78 is 13.3. The first-order valence-corrected chi connectivity index (χ1v) is 7.91. The summed E-state index contributed by atoms with van der Waals surface area (Å²) >= 11 is 0. The molecule has 1 N–H and O–H groups in total. The third kappa shape index (κ3) is 4.94. The molecule has 0 bridgehead atoms. The van der Waals surface area contributed by atoms with Crippen molar-refractivity contribution in [1.82, 2.24) is 10.2 Å². The van der Waals surface area contributed by atoms with Crippen molar-refractivity contribution in [2.75, 3.05) is 19.6 Å². The maximum atomic E-state index is 13.3. The number of piperidine rings is 1. The first-order chi connectivity index (χ1) is 9.70. The zero-order chi connectivity index (χ0) is 13.9. The molecule has 21 heavy (non-hydrogen) atoms. The average Bonchev–Trinajstić information content (AvgIpc) is 3.26. The van der Waals surface area contributed by atoms with E-state index in [1.807, 2.05) is 19.1 Å². The highest BCUT2D eigenvalue weighted by molar-refractivity contribution is 5.85. The minimum atomic E-state index is -0.100. The minimum absolute atomic E-state index is 0. The molecule has 0 aromatic heterocycles. The summed E-state index contributed by atoms with van der Waals surface area (Å²) in [6.45, 7) is 6.32. The van der Waals surface area contributed by atoms with E-state index in [0.717, 1.165) is 31.1 Å². The largest absolute Gasteiger partial charge is 0.314 e. The summed E-state index contributed by atoms with van der Waals surface area (Å²) in [4.78, 5) is 2.49. The van der Waals surface area contributed by atoms with Gasteiger partial charge in [-0.3, -0.25) is 4.90 Å². The van der Waals surface area contributed by atoms with Crippen molar-refractivity contribution in [1.29, 1.82) is 0 Å². The van der Waals surface area contributed by atoms with Crippen LogP contribution in [0.2, 0.25) is 0 Å². The number of hydrogen-bond donors (Lipinski definition) is 1. The van der Waals surface area contributed by atoms with Crippen molar-refractivity contribution in [2.24, 2.45) is 5.92 Å². The molecule has 0 radical (unpaired) electrons. The Labute approximate surface area is 133 Å². The lowest BCUT2D eigenvalue weighted by Gasteiger charge is -2.32. The molecule has 2 aliphatic rings. The second-order valence-electron chi connectivity index (χ2n) is 6.49. The Balaban J connectivity index is 0.00000161. The number of likely N-dealkylation sites (tertiary alicyclic amines) is 1. The van der Waals surface area contributed by atoms with Crippen LogP contribution in [0.3, 0.4) is 0 Å². The molecule has 0 amide bonds. The number of nitrogens with zero attached hydrogens (tertiary/aromatic N) is 1. The summed E-state index contributed by atoms with van der Waals surface area (Å²) in [6.07, 6.45) is 5.34. The van der Waals surface area contributed by atoms with Crippen LogP contribution < -0.4 is 5.32 Å². The fourth-order valence-corrected chi connectivity index (χ4v) is 3.01. The van der Waals surface area contributed by atoms with Crippen molar-refractivity contribution in [3.8, 4) is 0 Å². The van der Waals surface area contributed by atoms with Gasteiger partial charge in [-0.2, -0.15) is 0 Å². The second-order valence-corrected chi connectivity index (χ2v) is 6.49. The van der Waals surface area contributed by atoms with E-state index in [4.69, 9.17) is 0 Å². The SMILES string of the molecule is Cc1cc(CN2CCC(NCC3CC3)CC2)ccc1F.Cl. The number of benzene rings is 1. The molecular formula is C17H26ClFN2. The predicted octanol–water partition coefficient (Wildman–Crippen LogP) is 3.52. The molecule has 3 rings (SSSR count). The number of halogens is 2. The fourth-order valence-electron chi connectivity index (χ4n) is 3.01. The zero-order valence-electron chi connectivity index (χ0n) is 12.8. The van der Waals surface area contributed by atoms with Crippen LogP contribution in [0.15, 0.2) is 18.2 Å². The standard InChI is InChI=1S/C17H25FN2.ClH/c1-13-10-15(4-5-17(13)18)12-20-8-6-16(7-9-20)19-11-14-2-3-14;/h4-5,10,14,16,19H,2-3,6-9,11-12H2,1H3;1H. The van der Waals surface area contributed by atoms with Gasteiger partial charge in [-0.1, -0.05) is 12.1 Å². The first-order valence-electron chi connectivity index (χ1n) is 7.91. The fraction of sp³-hybridized carbons (Fsp3) is 0.647. The van der Waals surface area contributed by atoms with E-state index in [1.54, 1.807) is 6.07 Å². The van der Waals surface area contributed by atoms with Crippen LogP contribution in [0.25, 0.3) is 0 Å². The van der Waals surface area contributed by atoms with Gasteiger partial charge in [0.25, 0.3) is 0 Å². The Morgan fingerprint density at radius 2 is 1.90 bits per heavy atom. The van der Waals surface area contributed by atoms with Crippen molar-refractivity contribution < 1.29 is 4.39 Å². The molecule has 1 aromatic rings. The zero-order valence-corrected chi connectivity index (χ0v) is 13.6. The highest BCUT2D eigenvalue weighted by Crippen LogP contribution is 2.28. The lowest BCUT2D eigenvalue weighted by molar-refractivity contribution is 0.190. The molecule has 0 spiro atoms. The molecule has 0 unspecified atom stereocenters. The van der Waals surface area contributed by atoms with E-state index in [9.17, 15) is 4.39 Å². The Morgan fingerprint density at radius 3 is 2.52 bits per heavy atom. The minimum Gasteiger partial charge on any atom is -0.314 e. The summed E-state index contributed by atoms with van der Waals surface area (Å²) in [6, 6.07) is 6.20. The highest BCUT2D eigenvalue weighted by Gasteiger charge is 2.24. The van der Waals surface area contributed by atoms with Crippen molar-refractivity contribution in [3.05, 3.63) is 35.1 Å². The van der Waals surface area contributed by atoms with E-state index in [1.165, 1.54) is 37.8 Å². The molecule has 4 heteroatoms. The molecule has 118 valence electrons. The molecule has 1 saturated carbocycles. The summed E-state index contributed by atoms with van der Waals surface area (Å²) in [5.41, 5.74) is 1.98. The van der Waals surface area contributed by atoms with Crippen LogP contribution in [0.4, 0.5) is 4.39 Å². The topological polar surface area (TPSA) is 15.3 Å². The van der Waals surface area contributed by atoms with E-state index < -0.39 is 0 Å². The average molecular weight is 313 g/mol. The van der Waals surface area contributed by atoms with E-state index >= 15 is 0 Å². The van der Waals surface area contributed by atoms with Gasteiger partial charge in [-0.15, -0.1) is 12.4 Å². The van der Waals surface area contributed by atoms with E-state index in [2.05, 4.69) is 10.2 Å². The van der Waals surface area contributed by atoms with Crippen LogP contribution in [0, 0.1) is 18.7 Å². The van der Waals surface area contributed by atoms with Crippen LogP contribution in [-0.4, -0.2) is 30.6 Å². The van der Waals surface area contributed by atoms with Gasteiger partial charge >= 0.3 is 0 Å².